The molecule has 3 rings (SSSR count). The lowest BCUT2D eigenvalue weighted by Gasteiger charge is -2.26. The number of nitrogens with one attached hydrogen (secondary N) is 1. The number of hydrogen-bond donors (Lipinski definition) is 1. The Morgan fingerprint density at radius 2 is 1.93 bits per heavy atom. The van der Waals surface area contributed by atoms with E-state index in [1.807, 2.05) is 43.5 Å². The summed E-state index contributed by atoms with van der Waals surface area (Å²) in [5.41, 5.74) is 2.20. The Labute approximate surface area is 164 Å². The molecule has 1 unspecified atom stereocenters. The molecular weight excluding hydrogens is 362 g/mol. The Balaban J connectivity index is 1.65. The van der Waals surface area contributed by atoms with Gasteiger partial charge in [-0.1, -0.05) is 0 Å². The third-order valence-electron chi connectivity index (χ3n) is 5.18. The molecule has 7 heteroatoms. The Hall–Kier alpha value is -2.02. The fraction of sp³-hybridized carbons (Fsp3) is 0.550. The summed E-state index contributed by atoms with van der Waals surface area (Å²) < 4.78 is 0. The molecular formula is C20H27N3O3S. The summed E-state index contributed by atoms with van der Waals surface area (Å²) in [6.07, 6.45) is 0.257. The van der Waals surface area contributed by atoms with Crippen LogP contribution in [0.4, 0.5) is 5.69 Å². The van der Waals surface area contributed by atoms with E-state index in [0.29, 0.717) is 17.8 Å². The summed E-state index contributed by atoms with van der Waals surface area (Å²) in [6, 6.07) is 5.50. The predicted molar refractivity (Wildman–Crippen MR) is 108 cm³/mol. The fourth-order valence-electron chi connectivity index (χ4n) is 3.53. The first-order chi connectivity index (χ1) is 12.9. The molecule has 2 fully saturated rings. The number of thioether (sulfide) groups is 1. The van der Waals surface area contributed by atoms with Crippen LogP contribution in [0.25, 0.3) is 0 Å². The van der Waals surface area contributed by atoms with Gasteiger partial charge in [-0.3, -0.25) is 14.4 Å². The van der Waals surface area contributed by atoms with Gasteiger partial charge in [0.2, 0.25) is 11.8 Å². The lowest BCUT2D eigenvalue weighted by atomic mass is 10.1. The molecule has 0 bridgehead atoms. The minimum Gasteiger partial charge on any atom is -0.339 e. The van der Waals surface area contributed by atoms with Crippen molar-refractivity contribution >= 4 is 35.2 Å². The summed E-state index contributed by atoms with van der Waals surface area (Å²) in [4.78, 5) is 40.8. The van der Waals surface area contributed by atoms with Gasteiger partial charge in [0.1, 0.15) is 0 Å². The molecule has 0 radical (unpaired) electrons. The van der Waals surface area contributed by atoms with E-state index in [4.69, 9.17) is 0 Å². The number of aryl methyl sites for hydroxylation is 1. The van der Waals surface area contributed by atoms with Crippen LogP contribution in [0, 0.1) is 12.8 Å². The van der Waals surface area contributed by atoms with Crippen LogP contribution in [0.3, 0.4) is 0 Å². The Kier molecular flexibility index (Phi) is 6.09. The molecule has 1 aromatic carbocycles. The molecule has 1 aromatic rings. The average Bonchev–Trinajstić information content (AvgIpc) is 3.05. The molecule has 0 aliphatic carbocycles. The second kappa shape index (κ2) is 8.33. The van der Waals surface area contributed by atoms with Crippen LogP contribution in [-0.4, -0.2) is 64.7 Å². The molecule has 1 N–H and O–H groups in total. The van der Waals surface area contributed by atoms with Gasteiger partial charge in [-0.2, -0.15) is 11.8 Å². The fourth-order valence-corrected chi connectivity index (χ4v) is 4.43. The quantitative estimate of drug-likeness (QED) is 0.858. The molecule has 0 saturated carbocycles. The zero-order valence-corrected chi connectivity index (χ0v) is 17.0. The molecule has 2 aliphatic rings. The number of nitrogens with zero attached hydrogens (tertiary/aromatic N) is 2. The van der Waals surface area contributed by atoms with Crippen molar-refractivity contribution in [3.63, 3.8) is 0 Å². The van der Waals surface area contributed by atoms with E-state index in [2.05, 4.69) is 5.32 Å². The largest absolute Gasteiger partial charge is 0.339 e. The van der Waals surface area contributed by atoms with Crippen molar-refractivity contribution in [2.45, 2.75) is 33.2 Å². The standard InChI is InChI=1S/C20H27N3O3S/c1-13(2)23-12-16(11-18(23)24)19(25)21-17-5-4-15(10-14(17)3)20(26)22-6-8-27-9-7-22/h4-5,10,13,16H,6-9,11-12H2,1-3H3,(H,21,25). The lowest BCUT2D eigenvalue weighted by molar-refractivity contribution is -0.129. The number of amides is 3. The van der Waals surface area contributed by atoms with E-state index >= 15 is 0 Å². The highest BCUT2D eigenvalue weighted by Crippen LogP contribution is 2.24. The van der Waals surface area contributed by atoms with Gasteiger partial charge in [-0.15, -0.1) is 0 Å². The minimum atomic E-state index is -0.327. The lowest BCUT2D eigenvalue weighted by Crippen LogP contribution is -2.37. The normalized spacial score (nSPS) is 20.3. The van der Waals surface area contributed by atoms with E-state index in [1.165, 1.54) is 0 Å². The van der Waals surface area contributed by atoms with Gasteiger partial charge >= 0.3 is 0 Å². The summed E-state index contributed by atoms with van der Waals surface area (Å²) in [5, 5.41) is 2.93. The zero-order chi connectivity index (χ0) is 19.6. The third-order valence-corrected chi connectivity index (χ3v) is 6.12. The van der Waals surface area contributed by atoms with Gasteiger partial charge in [0, 0.05) is 54.9 Å². The van der Waals surface area contributed by atoms with Crippen molar-refractivity contribution in [1.82, 2.24) is 9.80 Å². The first kappa shape index (κ1) is 19.7. The first-order valence-electron chi connectivity index (χ1n) is 9.45. The van der Waals surface area contributed by atoms with Crippen LogP contribution < -0.4 is 5.32 Å². The number of carbonyl (C=O) groups is 3. The topological polar surface area (TPSA) is 69.7 Å². The average molecular weight is 390 g/mol. The third kappa shape index (κ3) is 4.46. The molecule has 0 spiro atoms. The van der Waals surface area contributed by atoms with Crippen molar-refractivity contribution in [2.75, 3.05) is 36.5 Å². The molecule has 146 valence electrons. The molecule has 1 atom stereocenters. The Morgan fingerprint density at radius 3 is 2.52 bits per heavy atom. The molecule has 0 aromatic heterocycles. The van der Waals surface area contributed by atoms with Crippen LogP contribution >= 0.6 is 11.8 Å². The monoisotopic (exact) mass is 389 g/mol. The molecule has 6 nitrogen and oxygen atoms in total. The highest BCUT2D eigenvalue weighted by molar-refractivity contribution is 7.99. The SMILES string of the molecule is Cc1cc(C(=O)N2CCSCC2)ccc1NC(=O)C1CC(=O)N(C(C)C)C1. The van der Waals surface area contributed by atoms with Gasteiger partial charge in [-0.25, -0.2) is 0 Å². The van der Waals surface area contributed by atoms with E-state index in [0.717, 1.165) is 30.2 Å². The van der Waals surface area contributed by atoms with Crippen molar-refractivity contribution in [3.8, 4) is 0 Å². The Bertz CT molecular complexity index is 744. The zero-order valence-electron chi connectivity index (χ0n) is 16.2. The van der Waals surface area contributed by atoms with Crippen molar-refractivity contribution < 1.29 is 14.4 Å². The highest BCUT2D eigenvalue weighted by atomic mass is 32.2. The number of rotatable bonds is 4. The number of carbonyl (C=O) groups excluding carboxylic acids is 3. The van der Waals surface area contributed by atoms with E-state index in [-0.39, 0.29) is 36.1 Å². The minimum absolute atomic E-state index is 0.0301. The Morgan fingerprint density at radius 1 is 1.22 bits per heavy atom. The maximum atomic E-state index is 12.6. The highest BCUT2D eigenvalue weighted by Gasteiger charge is 2.35. The maximum absolute atomic E-state index is 12.6. The van der Waals surface area contributed by atoms with E-state index in [9.17, 15) is 14.4 Å². The second-order valence-electron chi connectivity index (χ2n) is 7.46. The summed E-state index contributed by atoms with van der Waals surface area (Å²) in [7, 11) is 0. The van der Waals surface area contributed by atoms with E-state index in [1.54, 1.807) is 17.0 Å². The van der Waals surface area contributed by atoms with Crippen LogP contribution in [0.15, 0.2) is 18.2 Å². The molecule has 2 saturated heterocycles. The molecule has 27 heavy (non-hydrogen) atoms. The molecule has 3 amide bonds. The van der Waals surface area contributed by atoms with E-state index < -0.39 is 0 Å². The summed E-state index contributed by atoms with van der Waals surface area (Å²) in [6.45, 7) is 7.83. The second-order valence-corrected chi connectivity index (χ2v) is 8.69. The first-order valence-corrected chi connectivity index (χ1v) is 10.6. The smallest absolute Gasteiger partial charge is 0.253 e. The van der Waals surface area contributed by atoms with Crippen LogP contribution in [-0.2, 0) is 9.59 Å². The van der Waals surface area contributed by atoms with Gasteiger partial charge in [0.15, 0.2) is 0 Å². The number of benzene rings is 1. The van der Waals surface area contributed by atoms with Crippen LogP contribution in [0.5, 0.6) is 0 Å². The number of anilines is 1. The summed E-state index contributed by atoms with van der Waals surface area (Å²) in [5.74, 6) is 1.57. The predicted octanol–water partition coefficient (Wildman–Crippen LogP) is 2.38. The van der Waals surface area contributed by atoms with Crippen LogP contribution in [0.2, 0.25) is 0 Å². The van der Waals surface area contributed by atoms with Gasteiger partial charge in [0.25, 0.3) is 5.91 Å². The number of likely N-dealkylation sites (tertiary alicyclic amines) is 1. The maximum Gasteiger partial charge on any atom is 0.253 e. The van der Waals surface area contributed by atoms with Crippen LogP contribution in [0.1, 0.15) is 36.2 Å². The molecule has 2 heterocycles. The number of hydrogen-bond acceptors (Lipinski definition) is 4. The summed E-state index contributed by atoms with van der Waals surface area (Å²) >= 11 is 1.87. The van der Waals surface area contributed by atoms with Gasteiger partial charge in [0.05, 0.1) is 5.92 Å². The van der Waals surface area contributed by atoms with Gasteiger partial charge in [-0.05, 0) is 44.5 Å². The van der Waals surface area contributed by atoms with Crippen molar-refractivity contribution in [1.29, 1.82) is 0 Å². The molecule has 2 aliphatic heterocycles. The van der Waals surface area contributed by atoms with Gasteiger partial charge < -0.3 is 15.1 Å². The van der Waals surface area contributed by atoms with Crippen molar-refractivity contribution in [3.05, 3.63) is 29.3 Å². The van der Waals surface area contributed by atoms with Crippen molar-refractivity contribution in [2.24, 2.45) is 5.92 Å².